The Balaban J connectivity index is 1.94. The molecule has 5 heteroatoms. The minimum Gasteiger partial charge on any atom is -0.462 e. The molecule has 3 rings (SSSR count). The summed E-state index contributed by atoms with van der Waals surface area (Å²) in [5, 5.41) is 12.0. The zero-order chi connectivity index (χ0) is 20.0. The van der Waals surface area contributed by atoms with Crippen molar-refractivity contribution in [2.45, 2.75) is 84.8 Å². The fourth-order valence-electron chi connectivity index (χ4n) is 6.51. The molecule has 5 nitrogen and oxygen atoms in total. The minimum atomic E-state index is -0.907. The van der Waals surface area contributed by atoms with Gasteiger partial charge >= 0.3 is 11.9 Å². The number of cyclic esters (lactones) is 1. The van der Waals surface area contributed by atoms with Crippen LogP contribution in [0.5, 0.6) is 0 Å². The van der Waals surface area contributed by atoms with Crippen LogP contribution in [0.2, 0.25) is 0 Å². The second-order valence-electron chi connectivity index (χ2n) is 9.77. The Morgan fingerprint density at radius 3 is 2.63 bits per heavy atom. The van der Waals surface area contributed by atoms with Crippen LogP contribution in [0.3, 0.4) is 0 Å². The molecule has 0 radical (unpaired) electrons. The molecule has 0 aromatic rings. The van der Waals surface area contributed by atoms with E-state index in [9.17, 15) is 14.7 Å². The van der Waals surface area contributed by atoms with E-state index in [4.69, 9.17) is 9.47 Å². The highest BCUT2D eigenvalue weighted by Gasteiger charge is 2.64. The van der Waals surface area contributed by atoms with E-state index in [1.54, 1.807) is 0 Å². The Morgan fingerprint density at radius 2 is 2.04 bits per heavy atom. The Hall–Kier alpha value is -1.36. The quantitative estimate of drug-likeness (QED) is 0.754. The number of fused-ring (bicyclic) bond motifs is 1. The average Bonchev–Trinajstić information content (AvgIpc) is 2.94. The topological polar surface area (TPSA) is 72.8 Å². The molecule has 1 N–H and O–H groups in total. The molecular formula is C22H34O5. The molecule has 0 spiro atoms. The van der Waals surface area contributed by atoms with Crippen molar-refractivity contribution >= 4 is 11.9 Å². The zero-order valence-electron chi connectivity index (χ0n) is 17.3. The fourth-order valence-corrected chi connectivity index (χ4v) is 6.51. The molecule has 27 heavy (non-hydrogen) atoms. The zero-order valence-corrected chi connectivity index (χ0v) is 17.3. The van der Waals surface area contributed by atoms with Gasteiger partial charge in [-0.25, -0.2) is 4.79 Å². The van der Waals surface area contributed by atoms with Gasteiger partial charge < -0.3 is 14.6 Å². The number of hydrogen-bond acceptors (Lipinski definition) is 5. The predicted octanol–water partition coefficient (Wildman–Crippen LogP) is 3.79. The van der Waals surface area contributed by atoms with E-state index in [0.717, 1.165) is 19.3 Å². The van der Waals surface area contributed by atoms with Gasteiger partial charge in [-0.15, -0.1) is 0 Å². The Morgan fingerprint density at radius 1 is 1.33 bits per heavy atom. The van der Waals surface area contributed by atoms with Crippen molar-refractivity contribution in [2.24, 2.45) is 22.7 Å². The molecular weight excluding hydrogens is 344 g/mol. The van der Waals surface area contributed by atoms with Gasteiger partial charge in [-0.3, -0.25) is 4.79 Å². The number of rotatable bonds is 4. The maximum atomic E-state index is 12.0. The molecule has 0 amide bonds. The molecule has 152 valence electrons. The number of hydrogen-bond donors (Lipinski definition) is 1. The normalized spacial score (nSPS) is 40.7. The van der Waals surface area contributed by atoms with Gasteiger partial charge in [0.25, 0.3) is 0 Å². The van der Waals surface area contributed by atoms with Crippen molar-refractivity contribution in [3.05, 3.63) is 11.6 Å². The first-order valence-electron chi connectivity index (χ1n) is 10.3. The molecule has 2 fully saturated rings. The summed E-state index contributed by atoms with van der Waals surface area (Å²) < 4.78 is 10.8. The van der Waals surface area contributed by atoms with Crippen LogP contribution in [-0.2, 0) is 19.1 Å². The third-order valence-corrected chi connectivity index (χ3v) is 7.71. The van der Waals surface area contributed by atoms with E-state index in [1.807, 2.05) is 6.08 Å². The minimum absolute atomic E-state index is 0.0185. The van der Waals surface area contributed by atoms with E-state index in [1.165, 1.54) is 6.92 Å². The lowest BCUT2D eigenvalue weighted by molar-refractivity contribution is -0.249. The summed E-state index contributed by atoms with van der Waals surface area (Å²) in [5.74, 6) is -0.436. The maximum Gasteiger partial charge on any atom is 0.334 e. The van der Waals surface area contributed by atoms with Crippen molar-refractivity contribution in [2.75, 3.05) is 6.61 Å². The molecule has 0 bridgehead atoms. The molecule has 2 aliphatic carbocycles. The van der Waals surface area contributed by atoms with Gasteiger partial charge in [-0.2, -0.15) is 0 Å². The summed E-state index contributed by atoms with van der Waals surface area (Å²) in [4.78, 5) is 23.6. The lowest BCUT2D eigenvalue weighted by Gasteiger charge is -2.64. The van der Waals surface area contributed by atoms with Crippen LogP contribution >= 0.6 is 0 Å². The third kappa shape index (κ3) is 3.32. The standard InChI is InChI=1S/C22H34O5/c1-14-13-17(27-15(2)23)18-20(3,4)9-6-10-21(18,5)22(14,25)11-7-16-8-12-26-19(16)24/h8,14,17-18,25H,6-7,9-13H2,1-5H3/t14-,17-,18+,21+,22-/m0/s1. The summed E-state index contributed by atoms with van der Waals surface area (Å²) in [5.41, 5.74) is -0.620. The highest BCUT2D eigenvalue weighted by molar-refractivity contribution is 5.90. The monoisotopic (exact) mass is 378 g/mol. The van der Waals surface area contributed by atoms with Gasteiger partial charge in [0.05, 0.1) is 5.60 Å². The van der Waals surface area contributed by atoms with Crippen molar-refractivity contribution in [1.82, 2.24) is 0 Å². The maximum absolute atomic E-state index is 12.0. The molecule has 3 aliphatic rings. The summed E-state index contributed by atoms with van der Waals surface area (Å²) in [6.45, 7) is 10.5. The number of carbonyl (C=O) groups is 2. The predicted molar refractivity (Wildman–Crippen MR) is 102 cm³/mol. The van der Waals surface area contributed by atoms with E-state index >= 15 is 0 Å². The van der Waals surface area contributed by atoms with Crippen molar-refractivity contribution < 1.29 is 24.2 Å². The Bertz CT molecular complexity index is 651. The number of esters is 2. The summed E-state index contributed by atoms with van der Waals surface area (Å²) in [6, 6.07) is 0. The van der Waals surface area contributed by atoms with Crippen molar-refractivity contribution in [3.8, 4) is 0 Å². The van der Waals surface area contributed by atoms with Crippen LogP contribution in [0.4, 0.5) is 0 Å². The summed E-state index contributed by atoms with van der Waals surface area (Å²) >= 11 is 0. The number of carbonyl (C=O) groups excluding carboxylic acids is 2. The molecule has 0 saturated heterocycles. The average molecular weight is 379 g/mol. The largest absolute Gasteiger partial charge is 0.462 e. The molecule has 1 heterocycles. The van der Waals surface area contributed by atoms with E-state index < -0.39 is 5.60 Å². The number of ether oxygens (including phenoxy) is 2. The van der Waals surface area contributed by atoms with Gasteiger partial charge in [-0.1, -0.05) is 34.1 Å². The lowest BCUT2D eigenvalue weighted by Crippen LogP contribution is -2.66. The molecule has 0 aromatic carbocycles. The van der Waals surface area contributed by atoms with Crippen LogP contribution in [0.1, 0.15) is 73.1 Å². The summed E-state index contributed by atoms with van der Waals surface area (Å²) in [6.07, 6.45) is 6.39. The van der Waals surface area contributed by atoms with Gasteiger partial charge in [0.1, 0.15) is 12.7 Å². The molecule has 2 saturated carbocycles. The number of aliphatic hydroxyl groups is 1. The lowest BCUT2D eigenvalue weighted by atomic mass is 9.43. The Labute approximate surface area is 162 Å². The molecule has 0 aromatic heterocycles. The van der Waals surface area contributed by atoms with Crippen LogP contribution in [0, 0.1) is 22.7 Å². The van der Waals surface area contributed by atoms with Gasteiger partial charge in [0.15, 0.2) is 0 Å². The van der Waals surface area contributed by atoms with Crippen LogP contribution in [-0.4, -0.2) is 35.4 Å². The summed E-state index contributed by atoms with van der Waals surface area (Å²) in [7, 11) is 0. The first-order chi connectivity index (χ1) is 12.5. The van der Waals surface area contributed by atoms with Gasteiger partial charge in [0.2, 0.25) is 0 Å². The first-order valence-corrected chi connectivity index (χ1v) is 10.3. The SMILES string of the molecule is CC(=O)O[C@H]1C[C@H](C)[C@@](O)(CCC2=CCOC2=O)[C@]2(C)CCCC(C)(C)[C@@H]12. The fraction of sp³-hybridized carbons (Fsp3) is 0.818. The van der Waals surface area contributed by atoms with E-state index in [2.05, 4.69) is 27.7 Å². The second kappa shape index (κ2) is 6.91. The van der Waals surface area contributed by atoms with Gasteiger partial charge in [0, 0.05) is 23.8 Å². The van der Waals surface area contributed by atoms with E-state index in [0.29, 0.717) is 31.4 Å². The highest BCUT2D eigenvalue weighted by Crippen LogP contribution is 2.64. The molecule has 0 unspecified atom stereocenters. The van der Waals surface area contributed by atoms with Crippen LogP contribution in [0.25, 0.3) is 0 Å². The smallest absolute Gasteiger partial charge is 0.334 e. The van der Waals surface area contributed by atoms with Crippen LogP contribution in [0.15, 0.2) is 11.6 Å². The Kier molecular flexibility index (Phi) is 5.21. The third-order valence-electron chi connectivity index (χ3n) is 7.71. The van der Waals surface area contributed by atoms with Crippen LogP contribution < -0.4 is 0 Å². The molecule has 5 atom stereocenters. The van der Waals surface area contributed by atoms with Gasteiger partial charge in [-0.05, 0) is 49.5 Å². The first kappa shape index (κ1) is 20.4. The second-order valence-corrected chi connectivity index (χ2v) is 9.77. The van der Waals surface area contributed by atoms with Crippen molar-refractivity contribution in [3.63, 3.8) is 0 Å². The van der Waals surface area contributed by atoms with E-state index in [-0.39, 0.29) is 40.7 Å². The highest BCUT2D eigenvalue weighted by atomic mass is 16.5. The molecule has 1 aliphatic heterocycles. The van der Waals surface area contributed by atoms with Crippen molar-refractivity contribution in [1.29, 1.82) is 0 Å².